The van der Waals surface area contributed by atoms with Crippen molar-refractivity contribution in [1.29, 1.82) is 0 Å². The zero-order chi connectivity index (χ0) is 15.8. The summed E-state index contributed by atoms with van der Waals surface area (Å²) in [5.41, 5.74) is -0.250. The number of hydrogen-bond acceptors (Lipinski definition) is 3. The van der Waals surface area contributed by atoms with E-state index in [9.17, 15) is 0 Å². The van der Waals surface area contributed by atoms with Gasteiger partial charge in [-0.1, -0.05) is 71.3 Å². The van der Waals surface area contributed by atoms with Gasteiger partial charge in [-0.05, 0) is 27.2 Å². The van der Waals surface area contributed by atoms with E-state index in [1.54, 1.807) is 11.3 Å². The van der Waals surface area contributed by atoms with Crippen LogP contribution in [0.4, 0.5) is 0 Å². The minimum Gasteiger partial charge on any atom is -0.332 e. The maximum atomic E-state index is 6.40. The Bertz CT molecular complexity index is 359. The average molecular weight is 384 g/mol. The normalized spacial score (nSPS) is 20.9. The Morgan fingerprint density at radius 3 is 2.05 bits per heavy atom. The maximum Gasteiger partial charge on any atom is 0.227 e. The molecule has 20 heavy (non-hydrogen) atoms. The first-order valence-electron chi connectivity index (χ1n) is 6.46. The molecule has 0 aromatic carbocycles. The van der Waals surface area contributed by atoms with Crippen molar-refractivity contribution in [3.8, 4) is 0 Å². The molecule has 0 radical (unpaired) electrons. The summed E-state index contributed by atoms with van der Waals surface area (Å²) in [6.07, 6.45) is 3.15. The summed E-state index contributed by atoms with van der Waals surface area (Å²) < 4.78 is -3.45. The summed E-state index contributed by atoms with van der Waals surface area (Å²) in [5, 5.41) is 6.16. The quantitative estimate of drug-likeness (QED) is 0.635. The highest BCUT2D eigenvalue weighted by atomic mass is 35.6. The summed E-state index contributed by atoms with van der Waals surface area (Å²) in [5.74, 6) is 0. The fourth-order valence-corrected chi connectivity index (χ4v) is 2.67. The number of halogens is 5. The Morgan fingerprint density at radius 1 is 1.10 bits per heavy atom. The molecule has 118 valence electrons. The van der Waals surface area contributed by atoms with E-state index in [0.29, 0.717) is 6.54 Å². The lowest BCUT2D eigenvalue weighted by Crippen LogP contribution is -2.61. The summed E-state index contributed by atoms with van der Waals surface area (Å²) in [4.78, 5) is 1.92. The van der Waals surface area contributed by atoms with Crippen LogP contribution in [-0.2, 0) is 0 Å². The fraction of sp³-hybridized carbons (Fsp3) is 0.917. The van der Waals surface area contributed by atoms with Gasteiger partial charge in [0.05, 0.1) is 0 Å². The molecule has 1 aliphatic rings. The topological polar surface area (TPSA) is 18.8 Å². The fourth-order valence-electron chi connectivity index (χ4n) is 1.94. The monoisotopic (exact) mass is 381 g/mol. The zero-order valence-electron chi connectivity index (χ0n) is 12.0. The molecule has 0 aromatic heterocycles. The number of nitrogens with zero attached hydrogens (tertiary/aromatic N) is 3. The molecule has 1 unspecified atom stereocenters. The Labute approximate surface area is 146 Å². The molecular formula is C12H20Cl5N3. The third-order valence-corrected chi connectivity index (χ3v) is 5.52. The number of rotatable bonds is 4. The second-order valence-corrected chi connectivity index (χ2v) is 9.49. The van der Waals surface area contributed by atoms with Crippen molar-refractivity contribution in [2.75, 3.05) is 6.54 Å². The van der Waals surface area contributed by atoms with E-state index in [-0.39, 0.29) is 5.54 Å². The van der Waals surface area contributed by atoms with Gasteiger partial charge in [0.2, 0.25) is 8.13 Å². The lowest BCUT2D eigenvalue weighted by Gasteiger charge is -2.46. The lowest BCUT2D eigenvalue weighted by atomic mass is 10.1. The molecule has 0 amide bonds. The van der Waals surface area contributed by atoms with E-state index in [4.69, 9.17) is 58.0 Å². The SMILES string of the molecule is CCCCN1N=CN(C(C)(C)C)C1C(Cl)(Cl)C(Cl)(Cl)Cl. The van der Waals surface area contributed by atoms with Gasteiger partial charge >= 0.3 is 0 Å². The Hall–Kier alpha value is 0.720. The van der Waals surface area contributed by atoms with Crippen LogP contribution in [0.3, 0.4) is 0 Å². The van der Waals surface area contributed by atoms with E-state index >= 15 is 0 Å². The van der Waals surface area contributed by atoms with E-state index in [1.807, 2.05) is 25.7 Å². The van der Waals surface area contributed by atoms with Crippen molar-refractivity contribution in [3.63, 3.8) is 0 Å². The molecule has 3 nitrogen and oxygen atoms in total. The Balaban J connectivity index is 3.11. The van der Waals surface area contributed by atoms with Gasteiger partial charge in [-0.3, -0.25) is 5.01 Å². The molecule has 8 heteroatoms. The standard InChI is InChI=1S/C12H20Cl5N3/c1-5-6-7-20-9(11(13,14)12(15,16)17)19(8-18-20)10(2,3)4/h8-9H,5-7H2,1-4H3. The van der Waals surface area contributed by atoms with E-state index in [0.717, 1.165) is 12.8 Å². The largest absolute Gasteiger partial charge is 0.332 e. The first-order chi connectivity index (χ1) is 8.93. The van der Waals surface area contributed by atoms with Crippen LogP contribution in [0.5, 0.6) is 0 Å². The van der Waals surface area contributed by atoms with E-state index < -0.39 is 14.3 Å². The van der Waals surface area contributed by atoms with Crippen LogP contribution in [0.1, 0.15) is 40.5 Å². The molecule has 0 saturated heterocycles. The van der Waals surface area contributed by atoms with E-state index in [2.05, 4.69) is 12.0 Å². The van der Waals surface area contributed by atoms with Gasteiger partial charge in [0.15, 0.2) is 6.17 Å². The smallest absolute Gasteiger partial charge is 0.227 e. The van der Waals surface area contributed by atoms with Crippen LogP contribution in [0.15, 0.2) is 5.10 Å². The molecule has 1 heterocycles. The highest BCUT2D eigenvalue weighted by Gasteiger charge is 2.58. The first-order valence-corrected chi connectivity index (χ1v) is 8.35. The molecule has 1 aliphatic heterocycles. The number of alkyl halides is 5. The molecule has 0 N–H and O–H groups in total. The summed E-state index contributed by atoms with van der Waals surface area (Å²) in [6.45, 7) is 8.87. The molecule has 0 saturated carbocycles. The van der Waals surface area contributed by atoms with Crippen molar-refractivity contribution >= 4 is 64.3 Å². The van der Waals surface area contributed by atoms with Crippen LogP contribution >= 0.6 is 58.0 Å². The van der Waals surface area contributed by atoms with Gasteiger partial charge in [-0.2, -0.15) is 5.10 Å². The average Bonchev–Trinajstić information content (AvgIpc) is 2.68. The molecule has 0 aliphatic carbocycles. The van der Waals surface area contributed by atoms with Gasteiger partial charge in [0, 0.05) is 12.1 Å². The number of hydrazone groups is 1. The zero-order valence-corrected chi connectivity index (χ0v) is 15.8. The summed E-state index contributed by atoms with van der Waals surface area (Å²) in [6, 6.07) is 0. The van der Waals surface area contributed by atoms with Crippen molar-refractivity contribution < 1.29 is 0 Å². The Kier molecular flexibility index (Phi) is 6.06. The molecule has 0 bridgehead atoms. The Morgan fingerprint density at radius 2 is 1.65 bits per heavy atom. The minimum absolute atomic E-state index is 0.250. The van der Waals surface area contributed by atoms with Crippen LogP contribution < -0.4 is 0 Å². The lowest BCUT2D eigenvalue weighted by molar-refractivity contribution is 0.0626. The maximum absolute atomic E-state index is 6.40. The molecular weight excluding hydrogens is 363 g/mol. The molecule has 1 atom stereocenters. The summed E-state index contributed by atoms with van der Waals surface area (Å²) in [7, 11) is 0. The second kappa shape index (κ2) is 6.45. The van der Waals surface area contributed by atoms with Gasteiger partial charge in [-0.25, -0.2) is 0 Å². The van der Waals surface area contributed by atoms with Crippen molar-refractivity contribution in [1.82, 2.24) is 9.91 Å². The van der Waals surface area contributed by atoms with Gasteiger partial charge < -0.3 is 4.90 Å². The number of unbranched alkanes of at least 4 members (excludes halogenated alkanes) is 1. The molecule has 0 spiro atoms. The van der Waals surface area contributed by atoms with Crippen molar-refractivity contribution in [2.45, 2.75) is 60.4 Å². The van der Waals surface area contributed by atoms with Crippen LogP contribution in [0.25, 0.3) is 0 Å². The van der Waals surface area contributed by atoms with E-state index in [1.165, 1.54) is 0 Å². The summed E-state index contributed by atoms with van der Waals surface area (Å²) >= 11 is 30.7. The third-order valence-electron chi connectivity index (χ3n) is 3.09. The van der Waals surface area contributed by atoms with Gasteiger partial charge in [0.25, 0.3) is 0 Å². The van der Waals surface area contributed by atoms with Crippen molar-refractivity contribution in [3.05, 3.63) is 0 Å². The second-order valence-electron chi connectivity index (χ2n) is 5.82. The number of hydrogen-bond donors (Lipinski definition) is 0. The predicted molar refractivity (Wildman–Crippen MR) is 90.2 cm³/mol. The van der Waals surface area contributed by atoms with Crippen molar-refractivity contribution in [2.24, 2.45) is 5.10 Å². The molecule has 0 aromatic rings. The highest BCUT2D eigenvalue weighted by molar-refractivity contribution is 6.75. The first kappa shape index (κ1) is 18.8. The molecule has 1 rings (SSSR count). The van der Waals surface area contributed by atoms with Gasteiger partial charge in [-0.15, -0.1) is 0 Å². The van der Waals surface area contributed by atoms with Crippen LogP contribution in [0.2, 0.25) is 0 Å². The third kappa shape index (κ3) is 3.92. The predicted octanol–water partition coefficient (Wildman–Crippen LogP) is 5.02. The molecule has 0 fully saturated rings. The van der Waals surface area contributed by atoms with Gasteiger partial charge in [0.1, 0.15) is 6.34 Å². The minimum atomic E-state index is -1.83. The van der Waals surface area contributed by atoms with Crippen LogP contribution in [0, 0.1) is 0 Å². The van der Waals surface area contributed by atoms with Crippen LogP contribution in [-0.4, -0.2) is 42.6 Å². The highest BCUT2D eigenvalue weighted by Crippen LogP contribution is 2.51.